The molecule has 0 saturated carbocycles. The van der Waals surface area contributed by atoms with Gasteiger partial charge in [0.1, 0.15) is 0 Å². The molecule has 23 heavy (non-hydrogen) atoms. The Morgan fingerprint density at radius 1 is 1.30 bits per heavy atom. The molecular weight excluding hydrogens is 292 g/mol. The van der Waals surface area contributed by atoms with Gasteiger partial charge in [-0.2, -0.15) is 0 Å². The van der Waals surface area contributed by atoms with Crippen molar-refractivity contribution in [2.24, 2.45) is 5.92 Å². The van der Waals surface area contributed by atoms with Crippen LogP contribution in [0.4, 0.5) is 0 Å². The van der Waals surface area contributed by atoms with Gasteiger partial charge in [0.15, 0.2) is 5.76 Å². The second-order valence-corrected chi connectivity index (χ2v) is 6.14. The van der Waals surface area contributed by atoms with Crippen LogP contribution in [0.2, 0.25) is 0 Å². The third-order valence-electron chi connectivity index (χ3n) is 4.38. The summed E-state index contributed by atoms with van der Waals surface area (Å²) in [6.45, 7) is 4.23. The number of carbonyl (C=O) groups excluding carboxylic acids is 1. The normalized spacial score (nSPS) is 21.5. The molecule has 1 aromatic carbocycles. The summed E-state index contributed by atoms with van der Waals surface area (Å²) in [5.74, 6) is 0.179. The van der Waals surface area contributed by atoms with Gasteiger partial charge < -0.3 is 14.8 Å². The van der Waals surface area contributed by atoms with Crippen LogP contribution < -0.4 is 5.32 Å². The van der Waals surface area contributed by atoms with Crippen LogP contribution in [0.1, 0.15) is 21.7 Å². The maximum atomic E-state index is 12.3. The van der Waals surface area contributed by atoms with Gasteiger partial charge in [0.05, 0.1) is 6.26 Å². The molecule has 0 radical (unpaired) electrons. The van der Waals surface area contributed by atoms with E-state index in [1.54, 1.807) is 6.07 Å². The van der Waals surface area contributed by atoms with Crippen molar-refractivity contribution in [2.45, 2.75) is 19.5 Å². The molecule has 5 nitrogen and oxygen atoms in total. The molecule has 1 fully saturated rings. The van der Waals surface area contributed by atoms with Crippen molar-refractivity contribution in [3.63, 3.8) is 0 Å². The first-order valence-electron chi connectivity index (χ1n) is 7.89. The number of furan rings is 1. The molecule has 2 N–H and O–H groups in total. The molecule has 1 saturated heterocycles. The number of aliphatic hydroxyl groups excluding tert-OH is 1. The highest BCUT2D eigenvalue weighted by Gasteiger charge is 2.34. The topological polar surface area (TPSA) is 65.7 Å². The number of hydrogen-bond donors (Lipinski definition) is 2. The summed E-state index contributed by atoms with van der Waals surface area (Å²) in [4.78, 5) is 14.6. The Bertz CT molecular complexity index is 653. The van der Waals surface area contributed by atoms with Gasteiger partial charge >= 0.3 is 0 Å². The summed E-state index contributed by atoms with van der Waals surface area (Å²) < 4.78 is 5.24. The molecule has 2 heterocycles. The molecule has 1 amide bonds. The maximum absolute atomic E-state index is 12.3. The van der Waals surface area contributed by atoms with E-state index in [0.29, 0.717) is 5.76 Å². The van der Waals surface area contributed by atoms with E-state index >= 15 is 0 Å². The van der Waals surface area contributed by atoms with Gasteiger partial charge in [-0.05, 0) is 18.6 Å². The molecule has 1 aliphatic heterocycles. The standard InChI is InChI=1S/C18H22N2O3/c1-13-7-8-23-17(13)18(22)19-16-11-20(10-15(16)12-21)9-14-5-3-2-4-6-14/h2-8,15-16,21H,9-12H2,1H3,(H,19,22)/t15-,16+/m0/s1. The van der Waals surface area contributed by atoms with Crippen LogP contribution in [-0.2, 0) is 6.54 Å². The van der Waals surface area contributed by atoms with E-state index < -0.39 is 0 Å². The van der Waals surface area contributed by atoms with Crippen LogP contribution in [0.5, 0.6) is 0 Å². The van der Waals surface area contributed by atoms with Gasteiger partial charge in [0.25, 0.3) is 5.91 Å². The quantitative estimate of drug-likeness (QED) is 0.883. The van der Waals surface area contributed by atoms with Crippen molar-refractivity contribution in [3.05, 3.63) is 59.5 Å². The molecule has 0 spiro atoms. The van der Waals surface area contributed by atoms with Crippen LogP contribution in [0.25, 0.3) is 0 Å². The van der Waals surface area contributed by atoms with E-state index in [4.69, 9.17) is 4.42 Å². The Labute approximate surface area is 135 Å². The summed E-state index contributed by atoms with van der Waals surface area (Å²) in [6, 6.07) is 11.9. The molecule has 1 aromatic heterocycles. The van der Waals surface area contributed by atoms with Crippen molar-refractivity contribution >= 4 is 5.91 Å². The molecular formula is C18H22N2O3. The summed E-state index contributed by atoms with van der Waals surface area (Å²) >= 11 is 0. The fourth-order valence-electron chi connectivity index (χ4n) is 3.12. The molecule has 5 heteroatoms. The lowest BCUT2D eigenvalue weighted by Crippen LogP contribution is -2.41. The highest BCUT2D eigenvalue weighted by atomic mass is 16.3. The van der Waals surface area contributed by atoms with E-state index in [2.05, 4.69) is 22.3 Å². The summed E-state index contributed by atoms with van der Waals surface area (Å²) in [5, 5.41) is 12.6. The molecule has 122 valence electrons. The average molecular weight is 314 g/mol. The predicted molar refractivity (Wildman–Crippen MR) is 87.0 cm³/mol. The average Bonchev–Trinajstić information content (AvgIpc) is 3.14. The van der Waals surface area contributed by atoms with Gasteiger partial charge in [-0.3, -0.25) is 9.69 Å². The summed E-state index contributed by atoms with van der Waals surface area (Å²) in [5.41, 5.74) is 2.06. The molecule has 2 aromatic rings. The summed E-state index contributed by atoms with van der Waals surface area (Å²) in [7, 11) is 0. The minimum Gasteiger partial charge on any atom is -0.459 e. The Morgan fingerprint density at radius 3 is 2.74 bits per heavy atom. The van der Waals surface area contributed by atoms with E-state index in [1.807, 2.05) is 25.1 Å². The highest BCUT2D eigenvalue weighted by molar-refractivity contribution is 5.93. The maximum Gasteiger partial charge on any atom is 0.287 e. The smallest absolute Gasteiger partial charge is 0.287 e. The first-order chi connectivity index (χ1) is 11.2. The third kappa shape index (κ3) is 3.63. The number of likely N-dealkylation sites (tertiary alicyclic amines) is 1. The van der Waals surface area contributed by atoms with Crippen molar-refractivity contribution in [3.8, 4) is 0 Å². The molecule has 0 bridgehead atoms. The lowest BCUT2D eigenvalue weighted by atomic mass is 10.1. The zero-order chi connectivity index (χ0) is 16.2. The SMILES string of the molecule is Cc1ccoc1C(=O)N[C@@H]1CN(Cc2ccccc2)C[C@H]1CO. The van der Waals surface area contributed by atoms with E-state index in [1.165, 1.54) is 11.8 Å². The Balaban J connectivity index is 1.63. The predicted octanol–water partition coefficient (Wildman–Crippen LogP) is 1.81. The Morgan fingerprint density at radius 2 is 2.09 bits per heavy atom. The second-order valence-electron chi connectivity index (χ2n) is 6.14. The first-order valence-corrected chi connectivity index (χ1v) is 7.89. The first kappa shape index (κ1) is 15.8. The fourth-order valence-corrected chi connectivity index (χ4v) is 3.12. The fraction of sp³-hybridized carbons (Fsp3) is 0.389. The van der Waals surface area contributed by atoms with E-state index in [-0.39, 0.29) is 24.5 Å². The van der Waals surface area contributed by atoms with Crippen molar-refractivity contribution in [1.82, 2.24) is 10.2 Å². The number of benzene rings is 1. The number of aliphatic hydroxyl groups is 1. The van der Waals surface area contributed by atoms with Gasteiger partial charge in [-0.25, -0.2) is 0 Å². The highest BCUT2D eigenvalue weighted by Crippen LogP contribution is 2.20. The van der Waals surface area contributed by atoms with E-state index in [9.17, 15) is 9.90 Å². The lowest BCUT2D eigenvalue weighted by molar-refractivity contribution is 0.0892. The molecule has 2 atom stereocenters. The summed E-state index contributed by atoms with van der Waals surface area (Å²) in [6.07, 6.45) is 1.52. The molecule has 3 rings (SSSR count). The number of hydrogen-bond acceptors (Lipinski definition) is 4. The monoisotopic (exact) mass is 314 g/mol. The number of nitrogens with zero attached hydrogens (tertiary/aromatic N) is 1. The molecule has 0 aliphatic carbocycles. The van der Waals surface area contributed by atoms with Crippen LogP contribution in [0.15, 0.2) is 47.1 Å². The van der Waals surface area contributed by atoms with Crippen LogP contribution in [-0.4, -0.2) is 41.7 Å². The lowest BCUT2D eigenvalue weighted by Gasteiger charge is -2.17. The minimum atomic E-state index is -0.211. The Hall–Kier alpha value is -2.11. The minimum absolute atomic E-state index is 0.0398. The zero-order valence-electron chi connectivity index (χ0n) is 13.2. The van der Waals surface area contributed by atoms with Crippen LogP contribution in [0.3, 0.4) is 0 Å². The largest absolute Gasteiger partial charge is 0.459 e. The Kier molecular flexibility index (Phi) is 4.79. The number of nitrogens with one attached hydrogen (secondary N) is 1. The number of amides is 1. The molecule has 1 aliphatic rings. The zero-order valence-corrected chi connectivity index (χ0v) is 13.2. The van der Waals surface area contributed by atoms with Gasteiger partial charge in [-0.15, -0.1) is 0 Å². The van der Waals surface area contributed by atoms with E-state index in [0.717, 1.165) is 25.2 Å². The third-order valence-corrected chi connectivity index (χ3v) is 4.38. The number of carbonyl (C=O) groups is 1. The number of rotatable bonds is 5. The van der Waals surface area contributed by atoms with Gasteiger partial charge in [0.2, 0.25) is 0 Å². The number of aryl methyl sites for hydroxylation is 1. The van der Waals surface area contributed by atoms with Gasteiger partial charge in [-0.1, -0.05) is 30.3 Å². The van der Waals surface area contributed by atoms with Gasteiger partial charge in [0, 0.05) is 43.8 Å². The van der Waals surface area contributed by atoms with Crippen LogP contribution in [0, 0.1) is 12.8 Å². The molecule has 0 unspecified atom stereocenters. The van der Waals surface area contributed by atoms with Crippen LogP contribution >= 0.6 is 0 Å². The van der Waals surface area contributed by atoms with Crippen molar-refractivity contribution < 1.29 is 14.3 Å². The van der Waals surface area contributed by atoms with Crippen molar-refractivity contribution in [1.29, 1.82) is 0 Å². The second kappa shape index (κ2) is 6.98. The van der Waals surface area contributed by atoms with Crippen molar-refractivity contribution in [2.75, 3.05) is 19.7 Å².